The zero-order valence-corrected chi connectivity index (χ0v) is 30.2. The molecule has 3 aliphatic rings. The van der Waals surface area contributed by atoms with Crippen LogP contribution in [0.3, 0.4) is 0 Å². The van der Waals surface area contributed by atoms with E-state index in [0.29, 0.717) is 24.1 Å². The van der Waals surface area contributed by atoms with Crippen molar-refractivity contribution in [2.45, 2.75) is 67.3 Å². The smallest absolute Gasteiger partial charge is 0.313 e. The molecule has 1 spiro atoms. The van der Waals surface area contributed by atoms with Crippen LogP contribution < -0.4 is 10.2 Å². The molecule has 10 nitrogen and oxygen atoms in total. The normalized spacial score (nSPS) is 26.0. The molecule has 3 aromatic carbocycles. The van der Waals surface area contributed by atoms with E-state index in [1.54, 1.807) is 24.0 Å². The van der Waals surface area contributed by atoms with Gasteiger partial charge in [0.2, 0.25) is 11.8 Å². The number of alkyl halides is 1. The first-order valence-electron chi connectivity index (χ1n) is 17.4. The fourth-order valence-electron chi connectivity index (χ4n) is 8.04. The summed E-state index contributed by atoms with van der Waals surface area (Å²) in [4.78, 5) is 59.3. The molecule has 6 rings (SSSR count). The van der Waals surface area contributed by atoms with Crippen LogP contribution in [0.1, 0.15) is 44.3 Å². The molecule has 0 aliphatic carbocycles. The maximum absolute atomic E-state index is 14.9. The number of aliphatic hydroxyl groups excluding tert-OH is 1. The van der Waals surface area contributed by atoms with E-state index in [4.69, 9.17) is 9.47 Å². The van der Waals surface area contributed by atoms with Gasteiger partial charge in [-0.1, -0.05) is 88.7 Å². The number of carbonyl (C=O) groups is 4. The summed E-state index contributed by atoms with van der Waals surface area (Å²) in [6.07, 6.45) is 3.03. The SMILES string of the molecule is C=CCCC(=O)N[C@@H](C)[C@H](OC(=O)[C@H]1[C@@H]2O[C@@]3(CC2Br)[C@@H]1C(=O)N(CCCO)[C@@H]3C(=O)N(CC=C)c1ccc2ccccc2c1)c1ccccc1. The molecule has 3 aliphatic heterocycles. The number of rotatable bonds is 15. The predicted octanol–water partition coefficient (Wildman–Crippen LogP) is 5.24. The van der Waals surface area contributed by atoms with Gasteiger partial charge in [0.15, 0.2) is 0 Å². The van der Waals surface area contributed by atoms with Gasteiger partial charge in [-0.05, 0) is 54.7 Å². The van der Waals surface area contributed by atoms with Crippen LogP contribution >= 0.6 is 15.9 Å². The number of hydrogen-bond donors (Lipinski definition) is 2. The molecule has 8 atom stereocenters. The van der Waals surface area contributed by atoms with Crippen LogP contribution in [0.5, 0.6) is 0 Å². The zero-order valence-electron chi connectivity index (χ0n) is 28.7. The van der Waals surface area contributed by atoms with Crippen LogP contribution in [-0.2, 0) is 28.7 Å². The lowest BCUT2D eigenvalue weighted by Gasteiger charge is -2.37. The molecule has 268 valence electrons. The van der Waals surface area contributed by atoms with Crippen LogP contribution in [-0.4, -0.2) is 82.0 Å². The second-order valence-corrected chi connectivity index (χ2v) is 14.7. The van der Waals surface area contributed by atoms with Crippen LogP contribution in [0.15, 0.2) is 98.1 Å². The Kier molecular flexibility index (Phi) is 11.1. The highest BCUT2D eigenvalue weighted by molar-refractivity contribution is 9.09. The Morgan fingerprint density at radius 2 is 1.82 bits per heavy atom. The molecule has 3 amide bonds. The minimum absolute atomic E-state index is 0.104. The van der Waals surface area contributed by atoms with Gasteiger partial charge in [-0.2, -0.15) is 0 Å². The molecule has 0 radical (unpaired) electrons. The Balaban J connectivity index is 1.34. The Morgan fingerprint density at radius 1 is 1.10 bits per heavy atom. The number of hydrogen-bond acceptors (Lipinski definition) is 7. The minimum Gasteiger partial charge on any atom is -0.455 e. The van der Waals surface area contributed by atoms with E-state index in [1.807, 2.05) is 72.8 Å². The zero-order chi connectivity index (χ0) is 36.3. The van der Waals surface area contributed by atoms with E-state index in [9.17, 15) is 24.3 Å². The lowest BCUT2D eigenvalue weighted by molar-refractivity contribution is -0.162. The number of halogens is 1. The van der Waals surface area contributed by atoms with Crippen molar-refractivity contribution in [2.75, 3.05) is 24.6 Å². The maximum atomic E-state index is 14.9. The number of likely N-dealkylation sites (tertiary alicyclic amines) is 1. The van der Waals surface area contributed by atoms with E-state index in [0.717, 1.165) is 10.8 Å². The van der Waals surface area contributed by atoms with Gasteiger partial charge in [0.1, 0.15) is 17.7 Å². The third-order valence-corrected chi connectivity index (χ3v) is 11.1. The summed E-state index contributed by atoms with van der Waals surface area (Å²) in [6, 6.07) is 21.1. The molecular formula is C40H44BrN3O7. The number of fused-ring (bicyclic) bond motifs is 2. The number of nitrogens with zero attached hydrogens (tertiary/aromatic N) is 2. The van der Waals surface area contributed by atoms with E-state index < -0.39 is 47.7 Å². The van der Waals surface area contributed by atoms with Crippen molar-refractivity contribution in [3.05, 3.63) is 104 Å². The number of benzene rings is 3. The second kappa shape index (κ2) is 15.5. The summed E-state index contributed by atoms with van der Waals surface area (Å²) in [6.45, 7) is 9.45. The molecule has 3 heterocycles. The largest absolute Gasteiger partial charge is 0.455 e. The van der Waals surface area contributed by atoms with Crippen molar-refractivity contribution in [1.29, 1.82) is 0 Å². The number of allylic oxidation sites excluding steroid dienone is 1. The highest BCUT2D eigenvalue weighted by atomic mass is 79.9. The molecule has 1 unspecified atom stereocenters. The lowest BCUT2D eigenvalue weighted by Crippen LogP contribution is -2.57. The molecule has 0 saturated carbocycles. The molecule has 11 heteroatoms. The fourth-order valence-corrected chi connectivity index (χ4v) is 8.99. The summed E-state index contributed by atoms with van der Waals surface area (Å²) < 4.78 is 13.0. The van der Waals surface area contributed by atoms with Crippen LogP contribution in [0.25, 0.3) is 10.8 Å². The Morgan fingerprint density at radius 3 is 2.53 bits per heavy atom. The van der Waals surface area contributed by atoms with Gasteiger partial charge >= 0.3 is 5.97 Å². The molecule has 2 bridgehead atoms. The number of esters is 1. The molecule has 0 aromatic heterocycles. The highest BCUT2D eigenvalue weighted by Crippen LogP contribution is 2.60. The number of amides is 3. The number of carbonyl (C=O) groups excluding carboxylic acids is 4. The predicted molar refractivity (Wildman–Crippen MR) is 198 cm³/mol. The number of ether oxygens (including phenoxy) is 2. The highest BCUT2D eigenvalue weighted by Gasteiger charge is 2.77. The topological polar surface area (TPSA) is 125 Å². The van der Waals surface area contributed by atoms with Crippen LogP contribution in [0.4, 0.5) is 5.69 Å². The molecular weight excluding hydrogens is 714 g/mol. The van der Waals surface area contributed by atoms with Crippen LogP contribution in [0.2, 0.25) is 0 Å². The van der Waals surface area contributed by atoms with Gasteiger partial charge in [0.05, 0.1) is 24.0 Å². The van der Waals surface area contributed by atoms with Gasteiger partial charge in [-0.15, -0.1) is 13.2 Å². The first kappa shape index (κ1) is 36.5. The first-order chi connectivity index (χ1) is 24.6. The summed E-state index contributed by atoms with van der Waals surface area (Å²) in [7, 11) is 0. The number of nitrogens with one attached hydrogen (secondary N) is 1. The van der Waals surface area contributed by atoms with E-state index >= 15 is 0 Å². The maximum Gasteiger partial charge on any atom is 0.313 e. The van der Waals surface area contributed by atoms with Gasteiger partial charge in [-0.3, -0.25) is 19.2 Å². The van der Waals surface area contributed by atoms with E-state index in [-0.39, 0.29) is 55.1 Å². The summed E-state index contributed by atoms with van der Waals surface area (Å²) in [5.41, 5.74) is -0.000983. The van der Waals surface area contributed by atoms with Gasteiger partial charge in [0.25, 0.3) is 5.91 Å². The monoisotopic (exact) mass is 757 g/mol. The molecule has 3 fully saturated rings. The quantitative estimate of drug-likeness (QED) is 0.123. The summed E-state index contributed by atoms with van der Waals surface area (Å²) in [5, 5.41) is 14.7. The second-order valence-electron chi connectivity index (χ2n) is 13.5. The Bertz CT molecular complexity index is 1800. The number of anilines is 1. The van der Waals surface area contributed by atoms with Crippen molar-refractivity contribution >= 4 is 56.1 Å². The summed E-state index contributed by atoms with van der Waals surface area (Å²) in [5.74, 6) is -3.60. The van der Waals surface area contributed by atoms with Gasteiger partial charge in [-0.25, -0.2) is 0 Å². The molecule has 3 saturated heterocycles. The van der Waals surface area contributed by atoms with Crippen molar-refractivity contribution in [3.63, 3.8) is 0 Å². The average molecular weight is 759 g/mol. The van der Waals surface area contributed by atoms with E-state index in [2.05, 4.69) is 34.4 Å². The molecule has 51 heavy (non-hydrogen) atoms. The van der Waals surface area contributed by atoms with Crippen LogP contribution in [0, 0.1) is 11.8 Å². The van der Waals surface area contributed by atoms with Crippen molar-refractivity contribution < 1.29 is 33.8 Å². The molecule has 2 N–H and O–H groups in total. The lowest BCUT2D eigenvalue weighted by atomic mass is 9.70. The summed E-state index contributed by atoms with van der Waals surface area (Å²) >= 11 is 3.73. The molecule has 3 aromatic rings. The third-order valence-electron chi connectivity index (χ3n) is 10.3. The Labute approximate surface area is 306 Å². The first-order valence-corrected chi connectivity index (χ1v) is 18.4. The standard InChI is InChI=1S/C40H44BrN3O7/c1-4-6-17-31(46)42-25(3)34(27-14-8-7-9-15-27)50-39(49)32-33-37(47)44(21-12-22-45)36(40(33)24-30(41)35(32)51-40)38(48)43(20-5-2)29-19-18-26-13-10-11-16-28(26)23-29/h4-5,7-11,13-16,18-19,23,25,30,32-36,45H,1-2,6,12,17,20-22,24H2,3H3,(H,42,46)/t25-,30?,32+,33-,34-,35+,36+,40-/m0/s1. The Hall–Kier alpha value is -4.32. The van der Waals surface area contributed by atoms with Crippen molar-refractivity contribution in [3.8, 4) is 0 Å². The minimum atomic E-state index is -1.32. The van der Waals surface area contributed by atoms with Crippen molar-refractivity contribution in [2.24, 2.45) is 11.8 Å². The van der Waals surface area contributed by atoms with Crippen molar-refractivity contribution in [1.82, 2.24) is 10.2 Å². The number of aliphatic hydroxyl groups is 1. The van der Waals surface area contributed by atoms with Gasteiger partial charge < -0.3 is 29.7 Å². The fraction of sp³-hybridized carbons (Fsp3) is 0.400. The van der Waals surface area contributed by atoms with Gasteiger partial charge in [0, 0.05) is 36.6 Å². The third kappa shape index (κ3) is 6.86. The van der Waals surface area contributed by atoms with E-state index in [1.165, 1.54) is 4.90 Å². The average Bonchev–Trinajstić information content (AvgIpc) is 3.73.